The van der Waals surface area contributed by atoms with Gasteiger partial charge in [0.05, 0.1) is 6.10 Å². The van der Waals surface area contributed by atoms with Gasteiger partial charge in [-0.3, -0.25) is 0 Å². The van der Waals surface area contributed by atoms with Crippen LogP contribution in [0.4, 0.5) is 5.95 Å². The summed E-state index contributed by atoms with van der Waals surface area (Å²) in [5.41, 5.74) is -0.0754. The molecular formula is C12H17N5OS. The largest absolute Gasteiger partial charge is 0.393 e. The topological polar surface area (TPSA) is 86.7 Å². The fourth-order valence-corrected chi connectivity index (χ4v) is 3.55. The van der Waals surface area contributed by atoms with E-state index in [1.807, 2.05) is 0 Å². The Labute approximate surface area is 115 Å². The zero-order valence-electron chi connectivity index (χ0n) is 10.5. The van der Waals surface area contributed by atoms with Crippen LogP contribution in [-0.4, -0.2) is 37.4 Å². The number of anilines is 1. The summed E-state index contributed by atoms with van der Waals surface area (Å²) in [4.78, 5) is 1.34. The van der Waals surface area contributed by atoms with Gasteiger partial charge in [0.25, 0.3) is 5.95 Å². The lowest BCUT2D eigenvalue weighted by Crippen LogP contribution is -2.45. The van der Waals surface area contributed by atoms with Crippen molar-refractivity contribution < 1.29 is 5.11 Å². The minimum absolute atomic E-state index is 0.0754. The quantitative estimate of drug-likeness (QED) is 0.791. The van der Waals surface area contributed by atoms with Gasteiger partial charge < -0.3 is 10.4 Å². The first-order valence-corrected chi connectivity index (χ1v) is 7.36. The molecule has 0 spiro atoms. The molecule has 2 aromatic heterocycles. The summed E-state index contributed by atoms with van der Waals surface area (Å²) < 4.78 is 0. The molecule has 102 valence electrons. The Morgan fingerprint density at radius 2 is 2.32 bits per heavy atom. The molecule has 3 N–H and O–H groups in total. The minimum Gasteiger partial charge on any atom is -0.393 e. The van der Waals surface area contributed by atoms with Crippen molar-refractivity contribution in [1.82, 2.24) is 20.6 Å². The van der Waals surface area contributed by atoms with Crippen molar-refractivity contribution in [2.45, 2.75) is 43.7 Å². The number of aliphatic hydroxyl groups excluding tert-OH is 1. The van der Waals surface area contributed by atoms with Gasteiger partial charge in [0.1, 0.15) is 0 Å². The molecule has 0 saturated heterocycles. The molecular weight excluding hydrogens is 262 g/mol. The second-order valence-electron chi connectivity index (χ2n) is 5.13. The van der Waals surface area contributed by atoms with Crippen LogP contribution in [0, 0.1) is 0 Å². The van der Waals surface area contributed by atoms with Crippen LogP contribution in [0.5, 0.6) is 0 Å². The highest BCUT2D eigenvalue weighted by Crippen LogP contribution is 2.34. The Balaban J connectivity index is 1.78. The summed E-state index contributed by atoms with van der Waals surface area (Å²) >= 11 is 1.76. The van der Waals surface area contributed by atoms with E-state index in [2.05, 4.69) is 43.5 Å². The molecule has 1 fully saturated rings. The second-order valence-corrected chi connectivity index (χ2v) is 6.16. The Morgan fingerprint density at radius 1 is 1.47 bits per heavy atom. The van der Waals surface area contributed by atoms with Gasteiger partial charge in [-0.15, -0.1) is 16.4 Å². The van der Waals surface area contributed by atoms with Crippen LogP contribution in [0.3, 0.4) is 0 Å². The number of aromatic amines is 1. The summed E-state index contributed by atoms with van der Waals surface area (Å²) in [6.07, 6.45) is 4.23. The third kappa shape index (κ3) is 2.93. The predicted octanol–water partition coefficient (Wildman–Crippen LogP) is 1.59. The van der Waals surface area contributed by atoms with Gasteiger partial charge in [-0.1, -0.05) is 11.2 Å². The molecule has 0 aromatic carbocycles. The lowest BCUT2D eigenvalue weighted by Gasteiger charge is -2.39. The third-order valence-corrected chi connectivity index (χ3v) is 4.60. The lowest BCUT2D eigenvalue weighted by molar-refractivity contribution is 0.103. The molecule has 2 heterocycles. The van der Waals surface area contributed by atoms with E-state index in [0.29, 0.717) is 5.95 Å². The summed E-state index contributed by atoms with van der Waals surface area (Å²) in [5, 5.41) is 29.2. The maximum atomic E-state index is 9.72. The molecule has 1 saturated carbocycles. The van der Waals surface area contributed by atoms with Crippen molar-refractivity contribution in [3.8, 4) is 0 Å². The molecule has 1 aliphatic carbocycles. The Hall–Kier alpha value is -1.47. The second kappa shape index (κ2) is 5.26. The number of tetrazole rings is 1. The molecule has 1 aliphatic rings. The monoisotopic (exact) mass is 279 g/mol. The third-order valence-electron chi connectivity index (χ3n) is 3.73. The van der Waals surface area contributed by atoms with E-state index in [1.54, 1.807) is 11.3 Å². The fraction of sp³-hybridized carbons (Fsp3) is 0.583. The van der Waals surface area contributed by atoms with Crippen molar-refractivity contribution in [2.75, 3.05) is 5.32 Å². The van der Waals surface area contributed by atoms with Crippen LogP contribution in [0.25, 0.3) is 0 Å². The van der Waals surface area contributed by atoms with E-state index in [9.17, 15) is 5.11 Å². The number of hydrogen-bond acceptors (Lipinski definition) is 6. The van der Waals surface area contributed by atoms with Gasteiger partial charge in [-0.25, -0.2) is 0 Å². The molecule has 19 heavy (non-hydrogen) atoms. The number of thiophene rings is 1. The molecule has 0 unspecified atom stereocenters. The summed E-state index contributed by atoms with van der Waals surface area (Å²) in [6.45, 7) is 0. The van der Waals surface area contributed by atoms with Crippen LogP contribution < -0.4 is 5.32 Å². The fourth-order valence-electron chi connectivity index (χ4n) is 2.70. The van der Waals surface area contributed by atoms with Gasteiger partial charge in [0.15, 0.2) is 0 Å². The van der Waals surface area contributed by atoms with E-state index >= 15 is 0 Å². The smallest absolute Gasteiger partial charge is 0.263 e. The Kier molecular flexibility index (Phi) is 3.48. The number of aromatic nitrogens is 4. The van der Waals surface area contributed by atoms with E-state index in [-0.39, 0.29) is 11.6 Å². The van der Waals surface area contributed by atoms with Crippen LogP contribution in [-0.2, 0) is 6.42 Å². The molecule has 0 aliphatic heterocycles. The van der Waals surface area contributed by atoms with Crippen molar-refractivity contribution >= 4 is 17.3 Å². The van der Waals surface area contributed by atoms with Crippen molar-refractivity contribution in [3.05, 3.63) is 22.4 Å². The molecule has 6 nitrogen and oxygen atoms in total. The van der Waals surface area contributed by atoms with Crippen LogP contribution in [0.2, 0.25) is 0 Å². The summed E-state index contributed by atoms with van der Waals surface area (Å²) in [7, 11) is 0. The lowest BCUT2D eigenvalue weighted by atomic mass is 9.78. The average Bonchev–Trinajstić information content (AvgIpc) is 3.07. The highest BCUT2D eigenvalue weighted by molar-refractivity contribution is 7.09. The SMILES string of the molecule is OC1CCC(Cc2cccs2)(Nc2nn[nH]n2)CC1. The zero-order chi connectivity index (χ0) is 13.1. The van der Waals surface area contributed by atoms with E-state index < -0.39 is 0 Å². The number of H-pyrrole nitrogens is 1. The molecule has 0 bridgehead atoms. The summed E-state index contributed by atoms with van der Waals surface area (Å²) in [5.74, 6) is 0.535. The van der Waals surface area contributed by atoms with Gasteiger partial charge in [-0.05, 0) is 42.3 Å². The Bertz CT molecular complexity index is 452. The van der Waals surface area contributed by atoms with Crippen LogP contribution in [0.15, 0.2) is 17.5 Å². The van der Waals surface area contributed by atoms with Gasteiger partial charge in [0, 0.05) is 16.8 Å². The molecule has 2 aromatic rings. The maximum Gasteiger partial charge on any atom is 0.263 e. The minimum atomic E-state index is -0.177. The van der Waals surface area contributed by atoms with Crippen LogP contribution in [0.1, 0.15) is 30.6 Å². The molecule has 0 amide bonds. The van der Waals surface area contributed by atoms with E-state index in [0.717, 1.165) is 32.1 Å². The number of aliphatic hydroxyl groups is 1. The van der Waals surface area contributed by atoms with Crippen molar-refractivity contribution in [1.29, 1.82) is 0 Å². The number of hydrogen-bond donors (Lipinski definition) is 3. The molecule has 3 rings (SSSR count). The van der Waals surface area contributed by atoms with E-state index in [1.165, 1.54) is 4.88 Å². The van der Waals surface area contributed by atoms with Crippen LogP contribution >= 0.6 is 11.3 Å². The first-order valence-electron chi connectivity index (χ1n) is 6.48. The standard InChI is InChI=1S/C12H17N5OS/c18-9-3-5-12(6-4-9,8-10-2-1-7-19-10)13-11-14-16-17-15-11/h1-2,7,9,18H,3-6,8H2,(H2,13,14,15,16,17). The van der Waals surface area contributed by atoms with E-state index in [4.69, 9.17) is 0 Å². The normalized spacial score (nSPS) is 27.3. The first-order chi connectivity index (χ1) is 9.26. The van der Waals surface area contributed by atoms with Gasteiger partial charge in [-0.2, -0.15) is 5.21 Å². The van der Waals surface area contributed by atoms with Crippen molar-refractivity contribution in [3.63, 3.8) is 0 Å². The molecule has 7 heteroatoms. The molecule has 0 radical (unpaired) electrons. The zero-order valence-corrected chi connectivity index (χ0v) is 11.4. The number of rotatable bonds is 4. The Morgan fingerprint density at radius 3 is 2.95 bits per heavy atom. The van der Waals surface area contributed by atoms with Gasteiger partial charge in [0.2, 0.25) is 0 Å². The summed E-state index contributed by atoms with van der Waals surface area (Å²) in [6, 6.07) is 4.22. The first kappa shape index (κ1) is 12.6. The molecule has 0 atom stereocenters. The maximum absolute atomic E-state index is 9.72. The van der Waals surface area contributed by atoms with Crippen molar-refractivity contribution in [2.24, 2.45) is 0 Å². The van der Waals surface area contributed by atoms with Gasteiger partial charge >= 0.3 is 0 Å². The predicted molar refractivity (Wildman–Crippen MR) is 73.0 cm³/mol. The number of nitrogens with zero attached hydrogens (tertiary/aromatic N) is 3. The highest BCUT2D eigenvalue weighted by atomic mass is 32.1. The average molecular weight is 279 g/mol. The highest BCUT2D eigenvalue weighted by Gasteiger charge is 2.36. The number of nitrogens with one attached hydrogen (secondary N) is 2.